The van der Waals surface area contributed by atoms with Gasteiger partial charge in [-0.05, 0) is 54.4 Å². The zero-order valence-corrected chi connectivity index (χ0v) is 21.1. The van der Waals surface area contributed by atoms with Gasteiger partial charge in [-0.3, -0.25) is 9.59 Å². The van der Waals surface area contributed by atoms with Gasteiger partial charge in [-0.1, -0.05) is 53.5 Å². The predicted molar refractivity (Wildman–Crippen MR) is 139 cm³/mol. The van der Waals surface area contributed by atoms with Gasteiger partial charge >= 0.3 is 0 Å². The molecule has 0 radical (unpaired) electrons. The Hall–Kier alpha value is -3.75. The van der Waals surface area contributed by atoms with Crippen molar-refractivity contribution in [3.8, 4) is 17.2 Å². The Morgan fingerprint density at radius 3 is 2.47 bits per heavy atom. The van der Waals surface area contributed by atoms with Gasteiger partial charge in [0, 0.05) is 11.4 Å². The van der Waals surface area contributed by atoms with Gasteiger partial charge in [0.1, 0.15) is 11.8 Å². The molecular formula is C26H25Cl2N3O5. The fraction of sp³-hybridized carbons (Fsp3) is 0.192. The third kappa shape index (κ3) is 7.63. The molecular weight excluding hydrogens is 505 g/mol. The van der Waals surface area contributed by atoms with Crippen LogP contribution >= 0.6 is 23.2 Å². The second-order valence-electron chi connectivity index (χ2n) is 7.75. The van der Waals surface area contributed by atoms with Gasteiger partial charge in [-0.15, -0.1) is 0 Å². The third-order valence-electron chi connectivity index (χ3n) is 5.07. The summed E-state index contributed by atoms with van der Waals surface area (Å²) >= 11 is 12.0. The van der Waals surface area contributed by atoms with Crippen LogP contribution in [0.3, 0.4) is 0 Å². The number of halogens is 2. The lowest BCUT2D eigenvalue weighted by Gasteiger charge is -2.21. The van der Waals surface area contributed by atoms with Crippen LogP contribution in [0, 0.1) is 0 Å². The van der Waals surface area contributed by atoms with E-state index in [1.807, 2.05) is 30.3 Å². The molecule has 0 aromatic heterocycles. The molecule has 0 aliphatic heterocycles. The minimum absolute atomic E-state index is 0.0134. The standard InChI is InChI=1S/C26H25Cl2N3O5/c1-16(36-23-11-9-19(27)14-20(23)28)25(33)30-21(12-17-6-4-3-5-7-17)26(34)31-29-15-18-8-10-22(32)24(13-18)35-2/h3-11,13-16,21,32H,12H2,1-2H3,(H,30,33)(H,31,34)/b29-15-/t16-,21-/m0/s1. The van der Waals surface area contributed by atoms with Gasteiger partial charge < -0.3 is 19.9 Å². The average molecular weight is 530 g/mol. The SMILES string of the molecule is COc1cc(/C=N\NC(=O)[C@H](Cc2ccccc2)NC(=O)[C@H](C)Oc2ccc(Cl)cc2Cl)ccc1O. The van der Waals surface area contributed by atoms with E-state index in [1.165, 1.54) is 25.5 Å². The first-order chi connectivity index (χ1) is 17.3. The largest absolute Gasteiger partial charge is 0.504 e. The van der Waals surface area contributed by atoms with Crippen molar-refractivity contribution in [2.75, 3.05) is 7.11 Å². The average Bonchev–Trinajstić information content (AvgIpc) is 2.86. The number of carbonyl (C=O) groups excluding carboxylic acids is 2. The normalized spacial score (nSPS) is 12.6. The first kappa shape index (κ1) is 26.8. The maximum absolute atomic E-state index is 12.9. The first-order valence-corrected chi connectivity index (χ1v) is 11.7. The number of nitrogens with one attached hydrogen (secondary N) is 2. The molecule has 0 aliphatic rings. The zero-order chi connectivity index (χ0) is 26.1. The van der Waals surface area contributed by atoms with E-state index in [2.05, 4.69) is 15.8 Å². The number of hydrogen-bond acceptors (Lipinski definition) is 6. The maximum Gasteiger partial charge on any atom is 0.262 e. The number of benzene rings is 3. The number of hydrazone groups is 1. The van der Waals surface area contributed by atoms with Crippen molar-refractivity contribution in [2.45, 2.75) is 25.5 Å². The van der Waals surface area contributed by atoms with E-state index in [0.29, 0.717) is 16.3 Å². The summed E-state index contributed by atoms with van der Waals surface area (Å²) in [5.41, 5.74) is 3.89. The summed E-state index contributed by atoms with van der Waals surface area (Å²) in [4.78, 5) is 25.8. The highest BCUT2D eigenvalue weighted by molar-refractivity contribution is 6.35. The van der Waals surface area contributed by atoms with Crippen molar-refractivity contribution in [3.63, 3.8) is 0 Å². The molecule has 3 N–H and O–H groups in total. The van der Waals surface area contributed by atoms with Gasteiger partial charge in [0.15, 0.2) is 17.6 Å². The first-order valence-electron chi connectivity index (χ1n) is 10.9. The monoisotopic (exact) mass is 529 g/mol. The van der Waals surface area contributed by atoms with E-state index in [4.69, 9.17) is 32.7 Å². The van der Waals surface area contributed by atoms with Crippen LogP contribution in [0.4, 0.5) is 0 Å². The number of methoxy groups -OCH3 is 1. The van der Waals surface area contributed by atoms with Crippen LogP contribution in [0.5, 0.6) is 17.2 Å². The molecule has 8 nitrogen and oxygen atoms in total. The Bertz CT molecular complexity index is 1240. The topological polar surface area (TPSA) is 109 Å². The fourth-order valence-corrected chi connectivity index (χ4v) is 3.64. The highest BCUT2D eigenvalue weighted by Crippen LogP contribution is 2.28. The Labute approximate surface area is 218 Å². The molecule has 0 spiro atoms. The van der Waals surface area contributed by atoms with Gasteiger partial charge in [-0.2, -0.15) is 5.10 Å². The van der Waals surface area contributed by atoms with E-state index in [9.17, 15) is 14.7 Å². The van der Waals surface area contributed by atoms with Crippen molar-refractivity contribution >= 4 is 41.2 Å². The lowest BCUT2D eigenvalue weighted by molar-refractivity contribution is -0.132. The van der Waals surface area contributed by atoms with Crippen LogP contribution in [0.2, 0.25) is 10.0 Å². The minimum atomic E-state index is -0.942. The van der Waals surface area contributed by atoms with Crippen LogP contribution < -0.4 is 20.2 Å². The van der Waals surface area contributed by atoms with Crippen LogP contribution in [0.1, 0.15) is 18.1 Å². The zero-order valence-electron chi connectivity index (χ0n) is 19.6. The van der Waals surface area contributed by atoms with Gasteiger partial charge in [0.05, 0.1) is 18.3 Å². The molecule has 3 aromatic carbocycles. The molecule has 36 heavy (non-hydrogen) atoms. The summed E-state index contributed by atoms with van der Waals surface area (Å²) in [6.07, 6.45) is 0.688. The van der Waals surface area contributed by atoms with Crippen LogP contribution in [0.15, 0.2) is 71.8 Å². The van der Waals surface area contributed by atoms with Crippen LogP contribution in [-0.4, -0.2) is 42.4 Å². The molecule has 0 heterocycles. The lowest BCUT2D eigenvalue weighted by Crippen LogP contribution is -2.50. The summed E-state index contributed by atoms with van der Waals surface area (Å²) in [7, 11) is 1.43. The molecule has 0 saturated heterocycles. The summed E-state index contributed by atoms with van der Waals surface area (Å²) < 4.78 is 10.7. The van der Waals surface area contributed by atoms with Gasteiger partial charge in [-0.25, -0.2) is 5.43 Å². The number of aromatic hydroxyl groups is 1. The molecule has 0 aliphatic carbocycles. The van der Waals surface area contributed by atoms with E-state index in [-0.39, 0.29) is 22.9 Å². The fourth-order valence-electron chi connectivity index (χ4n) is 3.19. The molecule has 3 rings (SSSR count). The molecule has 10 heteroatoms. The van der Waals surface area contributed by atoms with E-state index in [1.54, 1.807) is 31.2 Å². The Morgan fingerprint density at radius 2 is 1.78 bits per heavy atom. The number of carbonyl (C=O) groups is 2. The van der Waals surface area contributed by atoms with E-state index in [0.717, 1.165) is 5.56 Å². The van der Waals surface area contributed by atoms with Crippen molar-refractivity contribution in [2.24, 2.45) is 5.10 Å². The second-order valence-corrected chi connectivity index (χ2v) is 8.59. The molecule has 0 bridgehead atoms. The van der Waals surface area contributed by atoms with Gasteiger partial charge in [0.2, 0.25) is 0 Å². The molecule has 0 saturated carbocycles. The highest BCUT2D eigenvalue weighted by atomic mass is 35.5. The predicted octanol–water partition coefficient (Wildman–Crippen LogP) is 4.35. The van der Waals surface area contributed by atoms with Crippen molar-refractivity contribution in [1.82, 2.24) is 10.7 Å². The smallest absolute Gasteiger partial charge is 0.262 e. The minimum Gasteiger partial charge on any atom is -0.504 e. The van der Waals surface area contributed by atoms with Crippen molar-refractivity contribution < 1.29 is 24.2 Å². The number of amides is 2. The highest BCUT2D eigenvalue weighted by Gasteiger charge is 2.25. The van der Waals surface area contributed by atoms with Crippen molar-refractivity contribution in [1.29, 1.82) is 0 Å². The summed E-state index contributed by atoms with van der Waals surface area (Å²) in [5, 5.41) is 17.1. The summed E-state index contributed by atoms with van der Waals surface area (Å²) in [6.45, 7) is 1.55. The molecule has 2 amide bonds. The number of nitrogens with zero attached hydrogens (tertiary/aromatic N) is 1. The Balaban J connectivity index is 1.69. The number of hydrogen-bond donors (Lipinski definition) is 3. The maximum atomic E-state index is 12.9. The van der Waals surface area contributed by atoms with E-state index < -0.39 is 24.0 Å². The molecule has 0 fully saturated rings. The quantitative estimate of drug-likeness (QED) is 0.267. The summed E-state index contributed by atoms with van der Waals surface area (Å²) in [5.74, 6) is -0.480. The number of rotatable bonds is 10. The molecule has 188 valence electrons. The lowest BCUT2D eigenvalue weighted by atomic mass is 10.1. The number of phenols is 1. The molecule has 0 unspecified atom stereocenters. The van der Waals surface area contributed by atoms with Crippen molar-refractivity contribution in [3.05, 3.63) is 87.9 Å². The Morgan fingerprint density at radius 1 is 1.03 bits per heavy atom. The third-order valence-corrected chi connectivity index (χ3v) is 5.61. The van der Waals surface area contributed by atoms with Crippen LogP contribution in [-0.2, 0) is 16.0 Å². The Kier molecular flexibility index (Phi) is 9.55. The second kappa shape index (κ2) is 12.8. The summed E-state index contributed by atoms with van der Waals surface area (Å²) in [6, 6.07) is 17.6. The molecule has 2 atom stereocenters. The van der Waals surface area contributed by atoms with E-state index >= 15 is 0 Å². The van der Waals surface area contributed by atoms with Crippen LogP contribution in [0.25, 0.3) is 0 Å². The number of ether oxygens (including phenoxy) is 2. The van der Waals surface area contributed by atoms with Gasteiger partial charge in [0.25, 0.3) is 11.8 Å². The molecule has 3 aromatic rings. The number of phenolic OH excluding ortho intramolecular Hbond substituents is 1.